The normalized spacial score (nSPS) is 19.4. The van der Waals surface area contributed by atoms with Crippen molar-refractivity contribution in [3.05, 3.63) is 0 Å². The zero-order valence-electron chi connectivity index (χ0n) is 10.1. The Morgan fingerprint density at radius 1 is 1.33 bits per heavy atom. The molecule has 0 aromatic heterocycles. The highest BCUT2D eigenvalue weighted by Crippen LogP contribution is 2.16. The molecule has 0 saturated carbocycles. The molecule has 0 amide bonds. The van der Waals surface area contributed by atoms with Crippen LogP contribution in [0.25, 0.3) is 0 Å². The van der Waals surface area contributed by atoms with Gasteiger partial charge in [0, 0.05) is 13.6 Å². The summed E-state index contributed by atoms with van der Waals surface area (Å²) >= 11 is 0. The van der Waals surface area contributed by atoms with Crippen LogP contribution in [0.5, 0.6) is 0 Å². The molecule has 0 radical (unpaired) electrons. The molecule has 1 fully saturated rings. The molecular weight excluding hydrogens is 271 g/mol. The molecule has 18 heavy (non-hydrogen) atoms. The van der Waals surface area contributed by atoms with Crippen molar-refractivity contribution in [3.63, 3.8) is 0 Å². The predicted octanol–water partition coefficient (Wildman–Crippen LogP) is 0.314. The van der Waals surface area contributed by atoms with E-state index in [0.29, 0.717) is 0 Å². The van der Waals surface area contributed by atoms with Crippen molar-refractivity contribution < 1.29 is 21.6 Å². The Morgan fingerprint density at radius 3 is 2.39 bits per heavy atom. The molecule has 1 rings (SSSR count). The molecule has 108 valence electrons. The number of alkyl halides is 3. The molecule has 0 spiro atoms. The number of hydrogen-bond donors (Lipinski definition) is 2. The average molecular weight is 289 g/mol. The first-order valence-corrected chi connectivity index (χ1v) is 7.13. The van der Waals surface area contributed by atoms with Gasteiger partial charge in [-0.3, -0.25) is 0 Å². The van der Waals surface area contributed by atoms with Gasteiger partial charge in [0.2, 0.25) is 0 Å². The van der Waals surface area contributed by atoms with E-state index in [4.69, 9.17) is 0 Å². The van der Waals surface area contributed by atoms with Gasteiger partial charge < -0.3 is 5.32 Å². The number of nitrogens with zero attached hydrogens (tertiary/aromatic N) is 1. The lowest BCUT2D eigenvalue weighted by molar-refractivity contribution is -0.121. The van der Waals surface area contributed by atoms with Crippen molar-refractivity contribution in [1.82, 2.24) is 14.3 Å². The standard InChI is InChI=1S/C9H18F3N3O2S/c1-15(6-8-2-4-13-5-3-8)18(16,17)14-7-9(10,11)12/h8,13-14H,2-7H2,1H3. The van der Waals surface area contributed by atoms with Gasteiger partial charge in [-0.05, 0) is 31.8 Å². The maximum Gasteiger partial charge on any atom is 0.402 e. The average Bonchev–Trinajstić information content (AvgIpc) is 2.27. The van der Waals surface area contributed by atoms with Gasteiger partial charge in [-0.2, -0.15) is 30.6 Å². The minimum absolute atomic E-state index is 0.193. The van der Waals surface area contributed by atoms with E-state index in [9.17, 15) is 21.6 Å². The largest absolute Gasteiger partial charge is 0.402 e. The molecule has 1 saturated heterocycles. The lowest BCUT2D eigenvalue weighted by atomic mass is 9.98. The molecule has 0 unspecified atom stereocenters. The Bertz CT molecular complexity index is 353. The van der Waals surface area contributed by atoms with Gasteiger partial charge in [0.1, 0.15) is 6.54 Å². The number of halogens is 3. The van der Waals surface area contributed by atoms with Gasteiger partial charge >= 0.3 is 6.18 Å². The first kappa shape index (κ1) is 15.7. The minimum atomic E-state index is -4.54. The second-order valence-corrected chi connectivity index (χ2v) is 6.28. The lowest BCUT2D eigenvalue weighted by Gasteiger charge is -2.27. The van der Waals surface area contributed by atoms with E-state index in [1.54, 1.807) is 4.72 Å². The maximum atomic E-state index is 12.0. The summed E-state index contributed by atoms with van der Waals surface area (Å²) < 4.78 is 61.5. The number of nitrogens with one attached hydrogen (secondary N) is 2. The van der Waals surface area contributed by atoms with Crippen LogP contribution in [0.3, 0.4) is 0 Å². The summed E-state index contributed by atoms with van der Waals surface area (Å²) in [5, 5.41) is 3.14. The highest BCUT2D eigenvalue weighted by Gasteiger charge is 2.31. The highest BCUT2D eigenvalue weighted by molar-refractivity contribution is 7.87. The van der Waals surface area contributed by atoms with Crippen LogP contribution in [0.1, 0.15) is 12.8 Å². The number of piperidine rings is 1. The van der Waals surface area contributed by atoms with E-state index in [0.717, 1.165) is 30.2 Å². The molecule has 0 bridgehead atoms. The van der Waals surface area contributed by atoms with Gasteiger partial charge in [-0.25, -0.2) is 0 Å². The third-order valence-electron chi connectivity index (χ3n) is 2.84. The third kappa shape index (κ3) is 5.51. The Hall–Kier alpha value is -0.380. The van der Waals surface area contributed by atoms with Crippen molar-refractivity contribution >= 4 is 10.2 Å². The van der Waals surface area contributed by atoms with E-state index < -0.39 is 22.9 Å². The van der Waals surface area contributed by atoms with E-state index in [-0.39, 0.29) is 12.5 Å². The molecule has 0 aromatic carbocycles. The minimum Gasteiger partial charge on any atom is -0.317 e. The fourth-order valence-electron chi connectivity index (χ4n) is 1.81. The van der Waals surface area contributed by atoms with Crippen LogP contribution >= 0.6 is 0 Å². The van der Waals surface area contributed by atoms with Gasteiger partial charge in [-0.15, -0.1) is 0 Å². The quantitative estimate of drug-likeness (QED) is 0.766. The molecule has 2 N–H and O–H groups in total. The Morgan fingerprint density at radius 2 is 1.89 bits per heavy atom. The summed E-state index contributed by atoms with van der Waals surface area (Å²) in [6.07, 6.45) is -2.87. The molecular formula is C9H18F3N3O2S. The van der Waals surface area contributed by atoms with Crippen LogP contribution in [0, 0.1) is 5.92 Å². The fourth-order valence-corrected chi connectivity index (χ4v) is 2.78. The Balaban J connectivity index is 2.45. The van der Waals surface area contributed by atoms with Crippen LogP contribution < -0.4 is 10.0 Å². The molecule has 1 aliphatic heterocycles. The van der Waals surface area contributed by atoms with E-state index >= 15 is 0 Å². The predicted molar refractivity (Wildman–Crippen MR) is 61.2 cm³/mol. The Labute approximate surface area is 105 Å². The number of rotatable bonds is 5. The second-order valence-electron chi connectivity index (χ2n) is 4.42. The van der Waals surface area contributed by atoms with Crippen molar-refractivity contribution in [2.24, 2.45) is 5.92 Å². The first-order valence-electron chi connectivity index (χ1n) is 5.69. The van der Waals surface area contributed by atoms with Gasteiger partial charge in [-0.1, -0.05) is 0 Å². The van der Waals surface area contributed by atoms with Gasteiger partial charge in [0.05, 0.1) is 0 Å². The third-order valence-corrected chi connectivity index (χ3v) is 4.32. The van der Waals surface area contributed by atoms with Gasteiger partial charge in [0.25, 0.3) is 10.2 Å². The van der Waals surface area contributed by atoms with Crippen molar-refractivity contribution in [3.8, 4) is 0 Å². The Kier molecular flexibility index (Phi) is 5.38. The summed E-state index contributed by atoms with van der Waals surface area (Å²) in [4.78, 5) is 0. The maximum absolute atomic E-state index is 12.0. The monoisotopic (exact) mass is 289 g/mol. The van der Waals surface area contributed by atoms with Crippen molar-refractivity contribution in [2.75, 3.05) is 33.2 Å². The summed E-state index contributed by atoms with van der Waals surface area (Å²) in [5.74, 6) is 0.193. The van der Waals surface area contributed by atoms with Crippen molar-refractivity contribution in [1.29, 1.82) is 0 Å². The first-order chi connectivity index (χ1) is 8.21. The molecule has 0 atom stereocenters. The summed E-state index contributed by atoms with van der Waals surface area (Å²) in [5.41, 5.74) is 0. The molecule has 5 nitrogen and oxygen atoms in total. The van der Waals surface area contributed by atoms with Crippen LogP contribution in [-0.4, -0.2) is 52.1 Å². The zero-order chi connectivity index (χ0) is 13.8. The van der Waals surface area contributed by atoms with E-state index in [1.165, 1.54) is 7.05 Å². The van der Waals surface area contributed by atoms with Gasteiger partial charge in [0.15, 0.2) is 0 Å². The van der Waals surface area contributed by atoms with E-state index in [1.807, 2.05) is 0 Å². The second kappa shape index (κ2) is 6.18. The molecule has 1 heterocycles. The summed E-state index contributed by atoms with van der Waals surface area (Å²) in [6, 6.07) is 0. The molecule has 9 heteroatoms. The van der Waals surface area contributed by atoms with Crippen LogP contribution in [0.2, 0.25) is 0 Å². The van der Waals surface area contributed by atoms with Crippen LogP contribution in [0.4, 0.5) is 13.2 Å². The SMILES string of the molecule is CN(CC1CCNCC1)S(=O)(=O)NCC(F)(F)F. The highest BCUT2D eigenvalue weighted by atomic mass is 32.2. The van der Waals surface area contributed by atoms with E-state index in [2.05, 4.69) is 5.32 Å². The summed E-state index contributed by atoms with van der Waals surface area (Å²) in [7, 11) is -2.76. The van der Waals surface area contributed by atoms with Crippen molar-refractivity contribution in [2.45, 2.75) is 19.0 Å². The topological polar surface area (TPSA) is 61.4 Å². The number of hydrogen-bond acceptors (Lipinski definition) is 3. The van der Waals surface area contributed by atoms with Crippen LogP contribution in [-0.2, 0) is 10.2 Å². The molecule has 0 aliphatic carbocycles. The van der Waals surface area contributed by atoms with Crippen LogP contribution in [0.15, 0.2) is 0 Å². The fraction of sp³-hybridized carbons (Fsp3) is 1.00. The zero-order valence-corrected chi connectivity index (χ0v) is 10.9. The summed E-state index contributed by atoms with van der Waals surface area (Å²) in [6.45, 7) is 0.337. The molecule has 1 aliphatic rings. The molecule has 0 aromatic rings. The smallest absolute Gasteiger partial charge is 0.317 e. The lowest BCUT2D eigenvalue weighted by Crippen LogP contribution is -2.45.